The van der Waals surface area contributed by atoms with E-state index in [9.17, 15) is 9.59 Å². The zero-order valence-corrected chi connectivity index (χ0v) is 11.9. The summed E-state index contributed by atoms with van der Waals surface area (Å²) in [4.78, 5) is 24.2. The summed E-state index contributed by atoms with van der Waals surface area (Å²) in [7, 11) is 4.49. The van der Waals surface area contributed by atoms with Crippen LogP contribution in [0.25, 0.3) is 0 Å². The third-order valence-corrected chi connectivity index (χ3v) is 2.71. The molecule has 6 heteroatoms. The fourth-order valence-electron chi connectivity index (χ4n) is 1.43. The van der Waals surface area contributed by atoms with Crippen LogP contribution < -0.4 is 9.47 Å². The number of amides is 1. The highest BCUT2D eigenvalue weighted by Gasteiger charge is 2.11. The molecule has 0 bridgehead atoms. The van der Waals surface area contributed by atoms with Crippen LogP contribution in [0, 0.1) is 0 Å². The van der Waals surface area contributed by atoms with Crippen molar-refractivity contribution in [1.29, 1.82) is 0 Å². The Morgan fingerprint density at radius 3 is 2.55 bits per heavy atom. The van der Waals surface area contributed by atoms with Crippen molar-refractivity contribution in [2.45, 2.75) is 6.42 Å². The number of hydrogen-bond donors (Lipinski definition) is 0. The number of nitrogens with zero attached hydrogens (tertiary/aromatic N) is 1. The second-order valence-corrected chi connectivity index (χ2v) is 4.11. The number of likely N-dealkylation sites (N-methyl/N-ethyl adjacent to an activating group) is 1. The summed E-state index contributed by atoms with van der Waals surface area (Å²) in [6, 6.07) is 7.00. The van der Waals surface area contributed by atoms with Crippen molar-refractivity contribution in [3.63, 3.8) is 0 Å². The minimum atomic E-state index is -0.349. The summed E-state index contributed by atoms with van der Waals surface area (Å²) in [6.45, 7) is 0.206. The van der Waals surface area contributed by atoms with Gasteiger partial charge in [0.2, 0.25) is 0 Å². The van der Waals surface area contributed by atoms with E-state index in [1.54, 1.807) is 38.4 Å². The first-order valence-electron chi connectivity index (χ1n) is 6.14. The number of rotatable bonds is 7. The molecule has 0 heterocycles. The quantitative estimate of drug-likeness (QED) is 0.700. The number of esters is 1. The number of hydrogen-bond acceptors (Lipinski definition) is 5. The van der Waals surface area contributed by atoms with Gasteiger partial charge in [-0.05, 0) is 12.1 Å². The first-order valence-corrected chi connectivity index (χ1v) is 6.14. The summed E-state index contributed by atoms with van der Waals surface area (Å²) in [6.07, 6.45) is 0.165. The Labute approximate surface area is 118 Å². The molecule has 0 aromatic heterocycles. The molecule has 0 atom stereocenters. The Kier molecular flexibility index (Phi) is 6.36. The van der Waals surface area contributed by atoms with Crippen molar-refractivity contribution in [2.75, 3.05) is 34.4 Å². The maximum atomic E-state index is 11.8. The molecule has 110 valence electrons. The minimum absolute atomic E-state index is 0.0924. The summed E-state index contributed by atoms with van der Waals surface area (Å²) in [5.41, 5.74) is 0. The van der Waals surface area contributed by atoms with E-state index in [-0.39, 0.29) is 24.9 Å². The fraction of sp³-hybridized carbons (Fsp3) is 0.429. The lowest BCUT2D eigenvalue weighted by Gasteiger charge is -2.16. The Morgan fingerprint density at radius 2 is 1.90 bits per heavy atom. The molecule has 6 nitrogen and oxygen atoms in total. The molecular formula is C14H19NO5. The summed E-state index contributed by atoms with van der Waals surface area (Å²) in [5, 5.41) is 0. The summed E-state index contributed by atoms with van der Waals surface area (Å²) >= 11 is 0. The molecule has 0 spiro atoms. The minimum Gasteiger partial charge on any atom is -0.497 e. The van der Waals surface area contributed by atoms with Gasteiger partial charge in [-0.1, -0.05) is 6.07 Å². The lowest BCUT2D eigenvalue weighted by Crippen LogP contribution is -2.33. The van der Waals surface area contributed by atoms with Gasteiger partial charge >= 0.3 is 5.97 Å². The van der Waals surface area contributed by atoms with Crippen LogP contribution in [0.4, 0.5) is 0 Å². The van der Waals surface area contributed by atoms with Crippen molar-refractivity contribution in [2.24, 2.45) is 0 Å². The molecule has 0 N–H and O–H groups in total. The Hall–Kier alpha value is -2.24. The molecule has 0 aliphatic carbocycles. The van der Waals surface area contributed by atoms with Crippen molar-refractivity contribution >= 4 is 11.9 Å². The van der Waals surface area contributed by atoms with E-state index < -0.39 is 0 Å². The molecular weight excluding hydrogens is 262 g/mol. The van der Waals surface area contributed by atoms with Gasteiger partial charge in [-0.15, -0.1) is 0 Å². The zero-order chi connectivity index (χ0) is 15.0. The molecule has 0 aliphatic rings. The largest absolute Gasteiger partial charge is 0.497 e. The predicted octanol–water partition coefficient (Wildman–Crippen LogP) is 1.10. The van der Waals surface area contributed by atoms with Gasteiger partial charge in [-0.3, -0.25) is 9.59 Å². The predicted molar refractivity (Wildman–Crippen MR) is 72.8 cm³/mol. The van der Waals surface area contributed by atoms with Crippen LogP contribution in [0.5, 0.6) is 11.5 Å². The van der Waals surface area contributed by atoms with Gasteiger partial charge in [0.25, 0.3) is 5.91 Å². The third-order valence-electron chi connectivity index (χ3n) is 2.71. The number of carbonyl (C=O) groups excluding carboxylic acids is 2. The second-order valence-electron chi connectivity index (χ2n) is 4.11. The molecule has 0 radical (unpaired) electrons. The molecule has 0 fully saturated rings. The van der Waals surface area contributed by atoms with Crippen LogP contribution in [-0.2, 0) is 14.3 Å². The lowest BCUT2D eigenvalue weighted by atomic mass is 10.3. The standard InChI is InChI=1S/C14H19NO5/c1-15(8-7-14(17)19-3)13(16)10-20-12-6-4-5-11(9-12)18-2/h4-6,9H,7-8,10H2,1-3H3. The topological polar surface area (TPSA) is 65.1 Å². The third kappa shape index (κ3) is 5.17. The zero-order valence-electron chi connectivity index (χ0n) is 11.9. The number of methoxy groups -OCH3 is 2. The van der Waals surface area contributed by atoms with Crippen LogP contribution in [0.1, 0.15) is 6.42 Å². The van der Waals surface area contributed by atoms with E-state index in [4.69, 9.17) is 9.47 Å². The highest BCUT2D eigenvalue weighted by molar-refractivity contribution is 5.78. The Morgan fingerprint density at radius 1 is 1.20 bits per heavy atom. The maximum Gasteiger partial charge on any atom is 0.307 e. The first-order chi connectivity index (χ1) is 9.56. The van der Waals surface area contributed by atoms with Crippen molar-refractivity contribution < 1.29 is 23.8 Å². The molecule has 1 aromatic rings. The lowest BCUT2D eigenvalue weighted by molar-refractivity contribution is -0.141. The highest BCUT2D eigenvalue weighted by Crippen LogP contribution is 2.18. The number of carbonyl (C=O) groups is 2. The molecule has 1 amide bonds. The average Bonchev–Trinajstić information content (AvgIpc) is 2.49. The van der Waals surface area contributed by atoms with Gasteiger partial charge in [-0.25, -0.2) is 0 Å². The molecule has 1 rings (SSSR count). The molecule has 20 heavy (non-hydrogen) atoms. The Bertz CT molecular complexity index is 461. The molecule has 1 aromatic carbocycles. The van der Waals surface area contributed by atoms with Gasteiger partial charge in [0.15, 0.2) is 6.61 Å². The number of ether oxygens (including phenoxy) is 3. The van der Waals surface area contributed by atoms with Crippen molar-refractivity contribution in [1.82, 2.24) is 4.90 Å². The van der Waals surface area contributed by atoms with Crippen LogP contribution in [0.2, 0.25) is 0 Å². The van der Waals surface area contributed by atoms with Gasteiger partial charge in [-0.2, -0.15) is 0 Å². The molecule has 0 aliphatic heterocycles. The van der Waals surface area contributed by atoms with Crippen LogP contribution in [-0.4, -0.2) is 51.2 Å². The SMILES string of the molecule is COC(=O)CCN(C)C(=O)COc1cccc(OC)c1. The molecule has 0 saturated heterocycles. The van der Waals surface area contributed by atoms with Crippen molar-refractivity contribution in [3.05, 3.63) is 24.3 Å². The van der Waals surface area contributed by atoms with Gasteiger partial charge in [0.05, 0.1) is 20.6 Å². The second kappa shape index (κ2) is 8.04. The highest BCUT2D eigenvalue weighted by atomic mass is 16.5. The van der Waals surface area contributed by atoms with E-state index in [2.05, 4.69) is 4.74 Å². The van der Waals surface area contributed by atoms with E-state index in [1.807, 2.05) is 0 Å². The maximum absolute atomic E-state index is 11.8. The monoisotopic (exact) mass is 281 g/mol. The van der Waals surface area contributed by atoms with Crippen molar-refractivity contribution in [3.8, 4) is 11.5 Å². The van der Waals surface area contributed by atoms with E-state index in [0.717, 1.165) is 0 Å². The summed E-state index contributed by atoms with van der Waals surface area (Å²) in [5.74, 6) is 0.656. The van der Waals surface area contributed by atoms with E-state index >= 15 is 0 Å². The fourth-order valence-corrected chi connectivity index (χ4v) is 1.43. The van der Waals surface area contributed by atoms with Crippen LogP contribution in [0.15, 0.2) is 24.3 Å². The van der Waals surface area contributed by atoms with Crippen LogP contribution in [0.3, 0.4) is 0 Å². The molecule has 0 unspecified atom stereocenters. The normalized spacial score (nSPS) is 9.75. The van der Waals surface area contributed by atoms with Crippen LogP contribution >= 0.6 is 0 Å². The van der Waals surface area contributed by atoms with Gasteiger partial charge in [0, 0.05) is 19.7 Å². The Balaban J connectivity index is 2.40. The smallest absolute Gasteiger partial charge is 0.307 e. The summed E-state index contributed by atoms with van der Waals surface area (Å²) < 4.78 is 14.9. The molecule has 0 saturated carbocycles. The van der Waals surface area contributed by atoms with E-state index in [1.165, 1.54) is 12.0 Å². The average molecular weight is 281 g/mol. The van der Waals surface area contributed by atoms with Gasteiger partial charge < -0.3 is 19.1 Å². The number of benzene rings is 1. The van der Waals surface area contributed by atoms with Gasteiger partial charge in [0.1, 0.15) is 11.5 Å². The van der Waals surface area contributed by atoms with E-state index in [0.29, 0.717) is 18.0 Å². The first kappa shape index (κ1) is 15.8.